The number of piperidine rings is 1. The predicted octanol–water partition coefficient (Wildman–Crippen LogP) is 4.54. The normalized spacial score (nSPS) is 18.9. The molecule has 1 amide bonds. The molecule has 2 aliphatic heterocycles. The number of ether oxygens (including phenoxy) is 1. The van der Waals surface area contributed by atoms with Gasteiger partial charge in [0.05, 0.1) is 5.56 Å². The fourth-order valence-electron chi connectivity index (χ4n) is 4.74. The van der Waals surface area contributed by atoms with Crippen molar-refractivity contribution in [2.75, 3.05) is 13.1 Å². The lowest BCUT2D eigenvalue weighted by Gasteiger charge is -2.32. The predicted molar refractivity (Wildman–Crippen MR) is 127 cm³/mol. The van der Waals surface area contributed by atoms with Crippen molar-refractivity contribution < 1.29 is 14.3 Å². The number of hydrogen-bond acceptors (Lipinski definition) is 4. The molecule has 0 aromatic heterocycles. The molecule has 0 aliphatic carbocycles. The highest BCUT2D eigenvalue weighted by atomic mass is 16.5. The Morgan fingerprint density at radius 1 is 0.939 bits per heavy atom. The molecule has 1 atom stereocenters. The van der Waals surface area contributed by atoms with Crippen LogP contribution in [0.1, 0.15) is 56.4 Å². The van der Waals surface area contributed by atoms with Crippen molar-refractivity contribution in [3.63, 3.8) is 0 Å². The minimum atomic E-state index is -0.331. The first-order valence-electron chi connectivity index (χ1n) is 11.6. The van der Waals surface area contributed by atoms with Crippen molar-refractivity contribution in [2.45, 2.75) is 38.0 Å². The summed E-state index contributed by atoms with van der Waals surface area (Å²) in [5.74, 6) is -0.405. The molecule has 0 bridgehead atoms. The average molecular weight is 441 g/mol. The van der Waals surface area contributed by atoms with Crippen LogP contribution >= 0.6 is 0 Å². The molecular weight excluding hydrogens is 412 g/mol. The molecule has 0 unspecified atom stereocenters. The maximum atomic E-state index is 13.0. The first-order chi connectivity index (χ1) is 16.2. The standard InChI is InChI=1S/C28H28N2O3/c31-27(29-24-13-15-30(16-14-24)19-20-7-3-1-4-8-20)22-11-12-25-23(17-22)18-26(33-28(25)32)21-9-5-2-6-10-21/h1-12,17,24,26H,13-16,18-19H2,(H,29,31)/t26-/m1/s1. The summed E-state index contributed by atoms with van der Waals surface area (Å²) < 4.78 is 5.63. The van der Waals surface area contributed by atoms with Crippen LogP contribution in [0.15, 0.2) is 78.9 Å². The van der Waals surface area contributed by atoms with E-state index in [1.807, 2.05) is 42.5 Å². The number of cyclic esters (lactones) is 1. The van der Waals surface area contributed by atoms with Gasteiger partial charge in [0, 0.05) is 37.7 Å². The molecule has 5 heteroatoms. The summed E-state index contributed by atoms with van der Waals surface area (Å²) in [5, 5.41) is 3.20. The Morgan fingerprint density at radius 3 is 2.36 bits per heavy atom. The van der Waals surface area contributed by atoms with E-state index < -0.39 is 0 Å². The van der Waals surface area contributed by atoms with Gasteiger partial charge in [-0.1, -0.05) is 60.7 Å². The van der Waals surface area contributed by atoms with Crippen LogP contribution in [0.25, 0.3) is 0 Å². The number of likely N-dealkylation sites (tertiary alicyclic amines) is 1. The lowest BCUT2D eigenvalue weighted by atomic mass is 9.93. The summed E-state index contributed by atoms with van der Waals surface area (Å²) in [7, 11) is 0. The lowest BCUT2D eigenvalue weighted by Crippen LogP contribution is -2.44. The van der Waals surface area contributed by atoms with Crippen LogP contribution < -0.4 is 5.32 Å². The summed E-state index contributed by atoms with van der Waals surface area (Å²) in [4.78, 5) is 27.9. The Kier molecular flexibility index (Phi) is 6.22. The van der Waals surface area contributed by atoms with Crippen LogP contribution in [0.4, 0.5) is 0 Å². The number of nitrogens with one attached hydrogen (secondary N) is 1. The second-order valence-corrected chi connectivity index (χ2v) is 8.89. The van der Waals surface area contributed by atoms with Crippen molar-refractivity contribution >= 4 is 11.9 Å². The molecule has 0 spiro atoms. The van der Waals surface area contributed by atoms with E-state index in [0.29, 0.717) is 17.5 Å². The van der Waals surface area contributed by atoms with E-state index in [0.717, 1.165) is 43.6 Å². The van der Waals surface area contributed by atoms with E-state index in [4.69, 9.17) is 4.74 Å². The molecule has 5 rings (SSSR count). The number of rotatable bonds is 5. The molecule has 33 heavy (non-hydrogen) atoms. The quantitative estimate of drug-likeness (QED) is 0.592. The summed E-state index contributed by atoms with van der Waals surface area (Å²) in [5.41, 5.74) is 4.30. The molecule has 3 aromatic rings. The maximum absolute atomic E-state index is 13.0. The molecule has 1 N–H and O–H groups in total. The third-order valence-electron chi connectivity index (χ3n) is 6.59. The topological polar surface area (TPSA) is 58.6 Å². The minimum Gasteiger partial charge on any atom is -0.454 e. The third kappa shape index (κ3) is 4.99. The van der Waals surface area contributed by atoms with Gasteiger partial charge in [-0.15, -0.1) is 0 Å². The lowest BCUT2D eigenvalue weighted by molar-refractivity contribution is 0.0252. The van der Waals surface area contributed by atoms with Gasteiger partial charge < -0.3 is 10.1 Å². The number of hydrogen-bond donors (Lipinski definition) is 1. The Balaban J connectivity index is 1.20. The van der Waals surface area contributed by atoms with Gasteiger partial charge in [0.15, 0.2) is 0 Å². The summed E-state index contributed by atoms with van der Waals surface area (Å²) in [6.07, 6.45) is 2.13. The van der Waals surface area contributed by atoms with Crippen molar-refractivity contribution in [1.29, 1.82) is 0 Å². The molecular formula is C28H28N2O3. The van der Waals surface area contributed by atoms with Crippen molar-refractivity contribution in [1.82, 2.24) is 10.2 Å². The number of benzene rings is 3. The van der Waals surface area contributed by atoms with E-state index in [1.54, 1.807) is 12.1 Å². The zero-order valence-corrected chi connectivity index (χ0v) is 18.6. The molecule has 1 fully saturated rings. The fraction of sp³-hybridized carbons (Fsp3) is 0.286. The minimum absolute atomic E-state index is 0.0745. The number of esters is 1. The number of amides is 1. The van der Waals surface area contributed by atoms with Crippen LogP contribution in [0.3, 0.4) is 0 Å². The molecule has 0 radical (unpaired) electrons. The van der Waals surface area contributed by atoms with Gasteiger partial charge in [-0.2, -0.15) is 0 Å². The molecule has 2 aliphatic rings. The Labute approximate surface area is 194 Å². The second-order valence-electron chi connectivity index (χ2n) is 8.89. The maximum Gasteiger partial charge on any atom is 0.339 e. The van der Waals surface area contributed by atoms with Crippen molar-refractivity contribution in [3.05, 3.63) is 107 Å². The molecule has 0 saturated carbocycles. The highest BCUT2D eigenvalue weighted by Crippen LogP contribution is 2.31. The number of fused-ring (bicyclic) bond motifs is 1. The Morgan fingerprint density at radius 2 is 1.64 bits per heavy atom. The highest BCUT2D eigenvalue weighted by molar-refractivity contribution is 5.98. The SMILES string of the molecule is O=C(NC1CCN(Cc2ccccc2)CC1)c1ccc2c(c1)C[C@H](c1ccccc1)OC2=O. The Bertz CT molecular complexity index is 1120. The Hall–Kier alpha value is -3.44. The summed E-state index contributed by atoms with van der Waals surface area (Å²) >= 11 is 0. The number of carbonyl (C=O) groups is 2. The van der Waals surface area contributed by atoms with Gasteiger partial charge in [0.2, 0.25) is 0 Å². The molecule has 2 heterocycles. The van der Waals surface area contributed by atoms with E-state index in [9.17, 15) is 9.59 Å². The van der Waals surface area contributed by atoms with Gasteiger partial charge in [-0.05, 0) is 47.7 Å². The van der Waals surface area contributed by atoms with Crippen molar-refractivity contribution in [3.8, 4) is 0 Å². The van der Waals surface area contributed by atoms with Crippen LogP contribution in [0.2, 0.25) is 0 Å². The second kappa shape index (κ2) is 9.59. The molecule has 168 valence electrons. The van der Waals surface area contributed by atoms with Gasteiger partial charge in [0.25, 0.3) is 5.91 Å². The van der Waals surface area contributed by atoms with Crippen LogP contribution in [-0.2, 0) is 17.7 Å². The van der Waals surface area contributed by atoms with Gasteiger partial charge in [-0.3, -0.25) is 9.69 Å². The molecule has 5 nitrogen and oxygen atoms in total. The van der Waals surface area contributed by atoms with Crippen LogP contribution in [0.5, 0.6) is 0 Å². The van der Waals surface area contributed by atoms with E-state index in [1.165, 1.54) is 5.56 Å². The fourth-order valence-corrected chi connectivity index (χ4v) is 4.74. The molecule has 1 saturated heterocycles. The van der Waals surface area contributed by atoms with Gasteiger partial charge >= 0.3 is 5.97 Å². The summed E-state index contributed by atoms with van der Waals surface area (Å²) in [6.45, 7) is 2.88. The molecule has 3 aromatic carbocycles. The average Bonchev–Trinajstić information content (AvgIpc) is 2.86. The van der Waals surface area contributed by atoms with E-state index in [-0.39, 0.29) is 24.0 Å². The van der Waals surface area contributed by atoms with E-state index in [2.05, 4.69) is 34.5 Å². The summed E-state index contributed by atoms with van der Waals surface area (Å²) in [6, 6.07) is 25.7. The highest BCUT2D eigenvalue weighted by Gasteiger charge is 2.28. The monoisotopic (exact) mass is 440 g/mol. The third-order valence-corrected chi connectivity index (χ3v) is 6.59. The van der Waals surface area contributed by atoms with Gasteiger partial charge in [-0.25, -0.2) is 4.79 Å². The smallest absolute Gasteiger partial charge is 0.339 e. The zero-order chi connectivity index (χ0) is 22.6. The van der Waals surface area contributed by atoms with Crippen LogP contribution in [-0.4, -0.2) is 35.9 Å². The first-order valence-corrected chi connectivity index (χ1v) is 11.6. The zero-order valence-electron chi connectivity index (χ0n) is 18.6. The van der Waals surface area contributed by atoms with Crippen LogP contribution in [0, 0.1) is 0 Å². The first kappa shape index (κ1) is 21.4. The van der Waals surface area contributed by atoms with Gasteiger partial charge in [0.1, 0.15) is 6.10 Å². The van der Waals surface area contributed by atoms with E-state index >= 15 is 0 Å². The number of nitrogens with zero attached hydrogens (tertiary/aromatic N) is 1. The largest absolute Gasteiger partial charge is 0.454 e. The number of carbonyl (C=O) groups excluding carboxylic acids is 2. The van der Waals surface area contributed by atoms with Crippen molar-refractivity contribution in [2.24, 2.45) is 0 Å².